The van der Waals surface area contributed by atoms with Gasteiger partial charge in [-0.2, -0.15) is 0 Å². The van der Waals surface area contributed by atoms with Crippen LogP contribution in [-0.2, 0) is 0 Å². The average molecular weight is 1330 g/mol. The zero-order valence-corrected chi connectivity index (χ0v) is 57.2. The van der Waals surface area contributed by atoms with E-state index in [1.807, 2.05) is 17.5 Å². The minimum atomic E-state index is 0.348. The van der Waals surface area contributed by atoms with Crippen molar-refractivity contribution >= 4 is 124 Å². The number of thiophene rings is 1. The van der Waals surface area contributed by atoms with Gasteiger partial charge in [0.15, 0.2) is 0 Å². The van der Waals surface area contributed by atoms with Gasteiger partial charge in [0.2, 0.25) is 0 Å². The van der Waals surface area contributed by atoms with E-state index >= 15 is 0 Å². The van der Waals surface area contributed by atoms with E-state index < -0.39 is 0 Å². The third-order valence-corrected chi connectivity index (χ3v) is 23.2. The van der Waals surface area contributed by atoms with Gasteiger partial charge in [-0.3, -0.25) is 9.55 Å². The Morgan fingerprint density at radius 1 is 0.350 bits per heavy atom. The molecule has 19 aromatic rings. The molecule has 21 rings (SSSR count). The van der Waals surface area contributed by atoms with Gasteiger partial charge in [0.05, 0.1) is 21.4 Å². The average Bonchev–Trinajstić information content (AvgIpc) is 1.13. The molecule has 0 saturated heterocycles. The third kappa shape index (κ3) is 9.70. The van der Waals surface area contributed by atoms with Crippen molar-refractivity contribution in [3.8, 4) is 84.0 Å². The van der Waals surface area contributed by atoms with Crippen LogP contribution in [0.25, 0.3) is 196 Å². The predicted molar refractivity (Wildman–Crippen MR) is 439 cm³/mol. The maximum atomic E-state index is 5.33. The SMILES string of the molecule is CC1C=C(c2c3ccccc3c(-c3ccc4ccccc4c3)c3cc(-c4nccc5c4sc4ccc(-c6ccc7c(-c8ccc9ccccc9c8)c8cc(-c9ccc(-c%10nc%11ccccc%11n%10-c%10ccccc%10)cc9)ccc8c(-c8ccc9ccccc9c8)c7c6)cc45)ccc23)C=C2C=CC=CC21. The summed E-state index contributed by atoms with van der Waals surface area (Å²) >= 11 is 1.84. The Morgan fingerprint density at radius 3 is 1.46 bits per heavy atom. The molecule has 480 valence electrons. The Bertz CT molecular complexity index is 6940. The van der Waals surface area contributed by atoms with Crippen LogP contribution in [0, 0.1) is 11.8 Å². The molecule has 3 aromatic heterocycles. The lowest BCUT2D eigenvalue weighted by molar-refractivity contribution is 0.585. The van der Waals surface area contributed by atoms with Gasteiger partial charge in [-0.25, -0.2) is 4.98 Å². The molecule has 4 heteroatoms. The van der Waals surface area contributed by atoms with Crippen molar-refractivity contribution < 1.29 is 0 Å². The van der Waals surface area contributed by atoms with Gasteiger partial charge < -0.3 is 0 Å². The van der Waals surface area contributed by atoms with E-state index in [0.29, 0.717) is 11.8 Å². The first kappa shape index (κ1) is 59.0. The molecule has 2 aliphatic carbocycles. The van der Waals surface area contributed by atoms with Crippen molar-refractivity contribution in [2.75, 3.05) is 0 Å². The molecule has 3 heterocycles. The number of benzene rings is 16. The van der Waals surface area contributed by atoms with Gasteiger partial charge in [0.1, 0.15) is 5.82 Å². The Kier molecular flexibility index (Phi) is 13.6. The fourth-order valence-corrected chi connectivity index (χ4v) is 18.3. The summed E-state index contributed by atoms with van der Waals surface area (Å²) in [7, 11) is 0. The number of pyridine rings is 1. The van der Waals surface area contributed by atoms with E-state index in [2.05, 4.69) is 357 Å². The molecule has 0 spiro atoms. The highest BCUT2D eigenvalue weighted by molar-refractivity contribution is 7.26. The van der Waals surface area contributed by atoms with Crippen LogP contribution in [0.1, 0.15) is 12.5 Å². The molecule has 0 aliphatic heterocycles. The van der Waals surface area contributed by atoms with Gasteiger partial charge in [-0.15, -0.1) is 11.3 Å². The molecule has 3 nitrogen and oxygen atoms in total. The van der Waals surface area contributed by atoms with Crippen LogP contribution >= 0.6 is 11.3 Å². The van der Waals surface area contributed by atoms with Crippen LogP contribution in [0.5, 0.6) is 0 Å². The van der Waals surface area contributed by atoms with Crippen molar-refractivity contribution in [2.45, 2.75) is 6.92 Å². The first-order valence-electron chi connectivity index (χ1n) is 35.7. The molecule has 0 saturated carbocycles. The Balaban J connectivity index is 0.731. The lowest BCUT2D eigenvalue weighted by Crippen LogP contribution is -2.15. The molecular formula is C99H63N3S. The van der Waals surface area contributed by atoms with E-state index in [0.717, 1.165) is 56.1 Å². The highest BCUT2D eigenvalue weighted by Crippen LogP contribution is 2.51. The fourth-order valence-electron chi connectivity index (χ4n) is 17.1. The highest BCUT2D eigenvalue weighted by Gasteiger charge is 2.27. The second-order valence-electron chi connectivity index (χ2n) is 27.9. The monoisotopic (exact) mass is 1330 g/mol. The summed E-state index contributed by atoms with van der Waals surface area (Å²) in [6.07, 6.45) is 16.0. The van der Waals surface area contributed by atoms with E-state index in [4.69, 9.17) is 9.97 Å². The summed E-state index contributed by atoms with van der Waals surface area (Å²) in [5, 5.41) is 19.5. The minimum absolute atomic E-state index is 0.348. The first-order chi connectivity index (χ1) is 50.9. The lowest BCUT2D eigenvalue weighted by Gasteiger charge is -2.28. The topological polar surface area (TPSA) is 30.7 Å². The van der Waals surface area contributed by atoms with Crippen molar-refractivity contribution in [1.29, 1.82) is 0 Å². The largest absolute Gasteiger partial charge is 0.292 e. The van der Waals surface area contributed by atoms with Gasteiger partial charge in [-0.05, 0) is 233 Å². The van der Waals surface area contributed by atoms with Gasteiger partial charge >= 0.3 is 0 Å². The van der Waals surface area contributed by atoms with Crippen molar-refractivity contribution in [2.24, 2.45) is 11.8 Å². The van der Waals surface area contributed by atoms with Gasteiger partial charge in [0, 0.05) is 44.4 Å². The normalized spacial score (nSPS) is 14.5. The van der Waals surface area contributed by atoms with Crippen LogP contribution < -0.4 is 0 Å². The van der Waals surface area contributed by atoms with E-state index in [1.165, 1.54) is 151 Å². The molecule has 16 aromatic carbocycles. The summed E-state index contributed by atoms with van der Waals surface area (Å²) in [4.78, 5) is 10.6. The van der Waals surface area contributed by atoms with E-state index in [-0.39, 0.29) is 0 Å². The van der Waals surface area contributed by atoms with Crippen LogP contribution in [0.4, 0.5) is 0 Å². The summed E-state index contributed by atoms with van der Waals surface area (Å²) in [5.74, 6) is 1.63. The minimum Gasteiger partial charge on any atom is -0.292 e. The number of rotatable bonds is 9. The summed E-state index contributed by atoms with van der Waals surface area (Å²) < 4.78 is 4.69. The fraction of sp³-hybridized carbons (Fsp3) is 0.0303. The predicted octanol–water partition coefficient (Wildman–Crippen LogP) is 27.2. The van der Waals surface area contributed by atoms with Crippen molar-refractivity contribution in [1.82, 2.24) is 14.5 Å². The zero-order chi connectivity index (χ0) is 67.8. The number of allylic oxidation sites excluding steroid dienone is 8. The Labute approximate surface area is 599 Å². The number of para-hydroxylation sites is 3. The third-order valence-electron chi connectivity index (χ3n) is 22.0. The molecule has 0 bridgehead atoms. The summed E-state index contributed by atoms with van der Waals surface area (Å²) in [6.45, 7) is 2.37. The number of aromatic nitrogens is 3. The van der Waals surface area contributed by atoms with Gasteiger partial charge in [-0.1, -0.05) is 274 Å². The number of hydrogen-bond acceptors (Lipinski definition) is 3. The summed E-state index contributed by atoms with van der Waals surface area (Å²) in [6, 6.07) is 115. The molecule has 103 heavy (non-hydrogen) atoms. The number of fused-ring (bicyclic) bond motifs is 12. The molecule has 2 aliphatic rings. The number of imidazole rings is 1. The second kappa shape index (κ2) is 23.6. The molecule has 0 fully saturated rings. The van der Waals surface area contributed by atoms with Crippen LogP contribution in [0.15, 0.2) is 358 Å². The van der Waals surface area contributed by atoms with Crippen LogP contribution in [-0.4, -0.2) is 14.5 Å². The van der Waals surface area contributed by atoms with Crippen molar-refractivity contribution in [3.63, 3.8) is 0 Å². The molecule has 2 unspecified atom stereocenters. The van der Waals surface area contributed by atoms with E-state index in [9.17, 15) is 0 Å². The first-order valence-corrected chi connectivity index (χ1v) is 36.5. The Morgan fingerprint density at radius 2 is 0.825 bits per heavy atom. The molecule has 0 radical (unpaired) electrons. The molecule has 2 atom stereocenters. The zero-order valence-electron chi connectivity index (χ0n) is 56.4. The standard InChI is InChI=1S/C99H63N3S/c1-60-51-77(55-72-23-11-12-26-79(60)72)96-81-28-14-13-27-80(81)93(73-38-33-61-17-5-8-20-66(61)52-73)89-59-76(43-47-84(89)96)97-98-85(49-50-100-97)86-56-71(44-48-92(86)103-98)70-42-46-83-88(58-70)95(75-40-35-63-19-7-10-22-68(63)54-75)82-45-41-69(57-87(82)94(83)74-39-34-62-18-6-9-21-67(62)53-74)64-31-36-65(37-32-64)99-101-90-29-15-16-30-91(90)102(99)78-24-3-2-4-25-78/h2-60,79H,1H3. The molecule has 0 N–H and O–H groups in total. The number of nitrogens with zero attached hydrogens (tertiary/aromatic N) is 3. The molecule has 0 amide bonds. The Hall–Kier alpha value is -12.9. The van der Waals surface area contributed by atoms with E-state index in [1.54, 1.807) is 0 Å². The smallest absolute Gasteiger partial charge is 0.145 e. The van der Waals surface area contributed by atoms with Crippen LogP contribution in [0.2, 0.25) is 0 Å². The quantitative estimate of drug-likeness (QED) is 0.135. The van der Waals surface area contributed by atoms with Gasteiger partial charge in [0.25, 0.3) is 0 Å². The summed E-state index contributed by atoms with van der Waals surface area (Å²) in [5.41, 5.74) is 22.1. The molecular weight excluding hydrogens is 1260 g/mol. The van der Waals surface area contributed by atoms with Crippen LogP contribution in [0.3, 0.4) is 0 Å². The number of hydrogen-bond donors (Lipinski definition) is 0. The maximum Gasteiger partial charge on any atom is 0.145 e. The second-order valence-corrected chi connectivity index (χ2v) is 29.0. The lowest BCUT2D eigenvalue weighted by atomic mass is 9.76. The van der Waals surface area contributed by atoms with Crippen molar-refractivity contribution in [3.05, 3.63) is 363 Å². The maximum absolute atomic E-state index is 5.33. The highest BCUT2D eigenvalue weighted by atomic mass is 32.1.